The molecule has 2 fully saturated rings. The van der Waals surface area contributed by atoms with E-state index in [9.17, 15) is 4.79 Å². The van der Waals surface area contributed by atoms with E-state index < -0.39 is 18.3 Å². The summed E-state index contributed by atoms with van der Waals surface area (Å²) in [6.45, 7) is 11.0. The van der Waals surface area contributed by atoms with Crippen molar-refractivity contribution < 1.29 is 23.6 Å². The SMILES string of the molecule is COC(=O)CCc1c(C)cc2c(cnn2C2CCCCO2)c1B1OC(C)(C)C(C)(C)O1. The maximum absolute atomic E-state index is 11.9. The second-order valence-corrected chi connectivity index (χ2v) is 9.59. The van der Waals surface area contributed by atoms with Gasteiger partial charge in [0.1, 0.15) is 0 Å². The average Bonchev–Trinajstić information content (AvgIpc) is 3.23. The van der Waals surface area contributed by atoms with Gasteiger partial charge in [0.25, 0.3) is 0 Å². The quantitative estimate of drug-likeness (QED) is 0.537. The summed E-state index contributed by atoms with van der Waals surface area (Å²) >= 11 is 0. The van der Waals surface area contributed by atoms with Crippen LogP contribution in [0, 0.1) is 6.92 Å². The van der Waals surface area contributed by atoms with Gasteiger partial charge in [-0.1, -0.05) is 0 Å². The zero-order valence-corrected chi connectivity index (χ0v) is 19.5. The van der Waals surface area contributed by atoms with Gasteiger partial charge in [-0.05, 0) is 83.0 Å². The fraction of sp³-hybridized carbons (Fsp3) is 0.652. The zero-order valence-electron chi connectivity index (χ0n) is 19.5. The Morgan fingerprint density at radius 2 is 1.97 bits per heavy atom. The van der Waals surface area contributed by atoms with Crippen LogP contribution in [0.1, 0.15) is 70.7 Å². The lowest BCUT2D eigenvalue weighted by Crippen LogP contribution is -2.41. The van der Waals surface area contributed by atoms with E-state index in [1.807, 2.05) is 38.6 Å². The van der Waals surface area contributed by atoms with Crippen LogP contribution in [-0.4, -0.2) is 47.8 Å². The minimum atomic E-state index is -0.537. The molecule has 0 N–H and O–H groups in total. The van der Waals surface area contributed by atoms with Crippen molar-refractivity contribution in [3.63, 3.8) is 0 Å². The molecule has 0 saturated carbocycles. The van der Waals surface area contributed by atoms with Crippen LogP contribution in [0.4, 0.5) is 0 Å². The highest BCUT2D eigenvalue weighted by atomic mass is 16.7. The van der Waals surface area contributed by atoms with Gasteiger partial charge >= 0.3 is 13.1 Å². The van der Waals surface area contributed by atoms with E-state index in [0.717, 1.165) is 53.4 Å². The Hall–Kier alpha value is -1.90. The topological polar surface area (TPSA) is 71.8 Å². The van der Waals surface area contributed by atoms with Gasteiger partial charge in [-0.25, -0.2) is 4.68 Å². The molecule has 0 radical (unpaired) electrons. The Bertz CT molecular complexity index is 962. The van der Waals surface area contributed by atoms with E-state index in [1.54, 1.807) is 0 Å². The highest BCUT2D eigenvalue weighted by molar-refractivity contribution is 6.65. The molecule has 0 spiro atoms. The molecule has 8 heteroatoms. The van der Waals surface area contributed by atoms with Gasteiger partial charge in [0, 0.05) is 18.4 Å². The summed E-state index contributed by atoms with van der Waals surface area (Å²) in [5.74, 6) is -0.231. The first-order valence-corrected chi connectivity index (χ1v) is 11.2. The van der Waals surface area contributed by atoms with E-state index in [4.69, 9.17) is 23.9 Å². The minimum Gasteiger partial charge on any atom is -0.469 e. The van der Waals surface area contributed by atoms with Crippen molar-refractivity contribution >= 4 is 29.5 Å². The summed E-state index contributed by atoms with van der Waals surface area (Å²) in [7, 11) is 0.881. The van der Waals surface area contributed by atoms with Crippen molar-refractivity contribution in [3.05, 3.63) is 23.4 Å². The fourth-order valence-electron chi connectivity index (χ4n) is 4.43. The number of methoxy groups -OCH3 is 1. The first kappa shape index (κ1) is 22.3. The summed E-state index contributed by atoms with van der Waals surface area (Å²) in [6, 6.07) is 2.14. The number of ether oxygens (including phenoxy) is 2. The molecule has 2 aliphatic heterocycles. The summed E-state index contributed by atoms with van der Waals surface area (Å²) in [5.41, 5.74) is 3.18. The van der Waals surface area contributed by atoms with Crippen LogP contribution in [0.25, 0.3) is 10.9 Å². The van der Waals surface area contributed by atoms with E-state index in [-0.39, 0.29) is 12.2 Å². The van der Waals surface area contributed by atoms with E-state index in [1.165, 1.54) is 7.11 Å². The molecule has 1 unspecified atom stereocenters. The molecule has 3 heterocycles. The number of fused-ring (bicyclic) bond motifs is 1. The predicted octanol–water partition coefficient (Wildman–Crippen LogP) is 3.45. The third-order valence-corrected chi connectivity index (χ3v) is 7.00. The van der Waals surface area contributed by atoms with Crippen LogP contribution in [0.3, 0.4) is 0 Å². The molecule has 2 aliphatic rings. The van der Waals surface area contributed by atoms with Crippen molar-refractivity contribution in [1.29, 1.82) is 0 Å². The second-order valence-electron chi connectivity index (χ2n) is 9.59. The lowest BCUT2D eigenvalue weighted by molar-refractivity contribution is -0.140. The number of aryl methyl sites for hydroxylation is 1. The normalized spacial score (nSPS) is 22.8. The lowest BCUT2D eigenvalue weighted by atomic mass is 9.72. The third kappa shape index (κ3) is 4.01. The number of esters is 1. The third-order valence-electron chi connectivity index (χ3n) is 7.00. The largest absolute Gasteiger partial charge is 0.495 e. The van der Waals surface area contributed by atoms with E-state index in [0.29, 0.717) is 12.8 Å². The Labute approximate surface area is 184 Å². The molecule has 0 bridgehead atoms. The van der Waals surface area contributed by atoms with Crippen LogP contribution < -0.4 is 5.46 Å². The number of benzene rings is 1. The first-order valence-electron chi connectivity index (χ1n) is 11.2. The Kier molecular flexibility index (Phi) is 5.92. The number of rotatable bonds is 5. The minimum absolute atomic E-state index is 0.0577. The first-order chi connectivity index (χ1) is 14.6. The number of hydrogen-bond donors (Lipinski definition) is 0. The maximum Gasteiger partial charge on any atom is 0.495 e. The molecular formula is C23H33BN2O5. The molecule has 168 valence electrons. The number of carbonyl (C=O) groups is 1. The van der Waals surface area contributed by atoms with Crippen LogP contribution in [0.2, 0.25) is 0 Å². The predicted molar refractivity (Wildman–Crippen MR) is 119 cm³/mol. The van der Waals surface area contributed by atoms with Crippen LogP contribution in [0.5, 0.6) is 0 Å². The summed E-state index contributed by atoms with van der Waals surface area (Å²) in [4.78, 5) is 11.9. The number of aromatic nitrogens is 2. The summed E-state index contributed by atoms with van der Waals surface area (Å²) < 4.78 is 25.7. The highest BCUT2D eigenvalue weighted by Crippen LogP contribution is 2.38. The smallest absolute Gasteiger partial charge is 0.469 e. The molecule has 2 aromatic rings. The molecule has 1 atom stereocenters. The molecule has 1 aromatic carbocycles. The number of hydrogen-bond acceptors (Lipinski definition) is 6. The van der Waals surface area contributed by atoms with Crippen molar-refractivity contribution in [1.82, 2.24) is 9.78 Å². The monoisotopic (exact) mass is 428 g/mol. The van der Waals surface area contributed by atoms with Crippen molar-refractivity contribution in [2.75, 3.05) is 13.7 Å². The van der Waals surface area contributed by atoms with Gasteiger partial charge < -0.3 is 18.8 Å². The molecule has 31 heavy (non-hydrogen) atoms. The van der Waals surface area contributed by atoms with E-state index >= 15 is 0 Å². The second kappa shape index (κ2) is 8.22. The van der Waals surface area contributed by atoms with Gasteiger partial charge in [-0.3, -0.25) is 4.79 Å². The molecule has 7 nitrogen and oxygen atoms in total. The summed E-state index contributed by atoms with van der Waals surface area (Å²) in [5, 5.41) is 5.69. The standard InChI is InChI=1S/C23H33BN2O5/c1-15-13-18-17(14-25-26(18)19-9-7-8-12-29-19)21(16(15)10-11-20(27)28-6)24-30-22(2,3)23(4,5)31-24/h13-14,19H,7-12H2,1-6H3. The van der Waals surface area contributed by atoms with Crippen LogP contribution in [-0.2, 0) is 30.0 Å². The van der Waals surface area contributed by atoms with Gasteiger partial charge in [0.2, 0.25) is 0 Å². The van der Waals surface area contributed by atoms with Gasteiger partial charge in [-0.15, -0.1) is 0 Å². The summed E-state index contributed by atoms with van der Waals surface area (Å²) in [6.07, 6.45) is 5.85. The zero-order chi connectivity index (χ0) is 22.4. The lowest BCUT2D eigenvalue weighted by Gasteiger charge is -2.32. The van der Waals surface area contributed by atoms with Gasteiger partial charge in [0.05, 0.1) is 30.0 Å². The number of nitrogens with zero attached hydrogens (tertiary/aromatic N) is 2. The average molecular weight is 428 g/mol. The molecule has 2 saturated heterocycles. The van der Waals surface area contributed by atoms with Crippen LogP contribution in [0.15, 0.2) is 12.3 Å². The van der Waals surface area contributed by atoms with Crippen molar-refractivity contribution in [2.24, 2.45) is 0 Å². The molecule has 4 rings (SSSR count). The molecular weight excluding hydrogens is 395 g/mol. The van der Waals surface area contributed by atoms with Gasteiger partial charge in [0.15, 0.2) is 6.23 Å². The Morgan fingerprint density at radius 3 is 2.58 bits per heavy atom. The maximum atomic E-state index is 11.9. The Morgan fingerprint density at radius 1 is 1.26 bits per heavy atom. The fourth-order valence-corrected chi connectivity index (χ4v) is 4.43. The molecule has 0 aliphatic carbocycles. The van der Waals surface area contributed by atoms with Gasteiger partial charge in [-0.2, -0.15) is 5.10 Å². The molecule has 1 aromatic heterocycles. The van der Waals surface area contributed by atoms with Crippen molar-refractivity contribution in [3.8, 4) is 0 Å². The number of carbonyl (C=O) groups excluding carboxylic acids is 1. The van der Waals surface area contributed by atoms with E-state index in [2.05, 4.69) is 13.0 Å². The Balaban J connectivity index is 1.83. The highest BCUT2D eigenvalue weighted by Gasteiger charge is 2.53. The van der Waals surface area contributed by atoms with Crippen LogP contribution >= 0.6 is 0 Å². The van der Waals surface area contributed by atoms with Crippen molar-refractivity contribution in [2.45, 2.75) is 84.2 Å². The molecule has 0 amide bonds.